The fourth-order valence-corrected chi connectivity index (χ4v) is 2.55. The normalized spacial score (nSPS) is 32.1. The van der Waals surface area contributed by atoms with Crippen LogP contribution in [0.25, 0.3) is 0 Å². The van der Waals surface area contributed by atoms with Gasteiger partial charge in [-0.2, -0.15) is 0 Å². The van der Waals surface area contributed by atoms with Crippen LogP contribution in [0.15, 0.2) is 0 Å². The van der Waals surface area contributed by atoms with Crippen LogP contribution >= 0.6 is 0 Å². The van der Waals surface area contributed by atoms with E-state index in [1.807, 2.05) is 0 Å². The van der Waals surface area contributed by atoms with E-state index in [-0.39, 0.29) is 12.1 Å². The van der Waals surface area contributed by atoms with Gasteiger partial charge in [0.05, 0.1) is 12.1 Å². The predicted octanol–water partition coefficient (Wildman–Crippen LogP) is 0.955. The molecule has 0 radical (unpaired) electrons. The van der Waals surface area contributed by atoms with Crippen molar-refractivity contribution in [3.63, 3.8) is 0 Å². The summed E-state index contributed by atoms with van der Waals surface area (Å²) in [5.41, 5.74) is 0. The SMILES string of the molecule is O=C1CCCCC1N1CCC(O)CC1. The highest BCUT2D eigenvalue weighted by atomic mass is 16.3. The van der Waals surface area contributed by atoms with Crippen molar-refractivity contribution < 1.29 is 9.90 Å². The van der Waals surface area contributed by atoms with Crippen LogP contribution < -0.4 is 0 Å². The molecule has 0 spiro atoms. The van der Waals surface area contributed by atoms with Gasteiger partial charge in [0, 0.05) is 19.5 Å². The van der Waals surface area contributed by atoms with Crippen LogP contribution in [0.5, 0.6) is 0 Å². The smallest absolute Gasteiger partial charge is 0.149 e. The molecule has 1 saturated heterocycles. The molecule has 3 heteroatoms. The van der Waals surface area contributed by atoms with Crippen molar-refractivity contribution in [2.24, 2.45) is 0 Å². The molecule has 0 amide bonds. The Balaban J connectivity index is 1.90. The minimum atomic E-state index is -0.134. The first-order valence-electron chi connectivity index (χ1n) is 5.72. The molecule has 3 nitrogen and oxygen atoms in total. The highest BCUT2D eigenvalue weighted by molar-refractivity contribution is 5.84. The summed E-state index contributed by atoms with van der Waals surface area (Å²) < 4.78 is 0. The number of hydrogen-bond donors (Lipinski definition) is 1. The molecule has 0 aromatic heterocycles. The van der Waals surface area contributed by atoms with Gasteiger partial charge in [-0.1, -0.05) is 6.42 Å². The third-order valence-corrected chi connectivity index (χ3v) is 3.46. The van der Waals surface area contributed by atoms with E-state index in [0.29, 0.717) is 5.78 Å². The molecule has 0 aromatic rings. The first-order chi connectivity index (χ1) is 6.77. The third kappa shape index (κ3) is 2.15. The van der Waals surface area contributed by atoms with Crippen LogP contribution in [-0.2, 0) is 4.79 Å². The molecule has 2 rings (SSSR count). The van der Waals surface area contributed by atoms with E-state index in [2.05, 4.69) is 4.90 Å². The Bertz CT molecular complexity index is 209. The quantitative estimate of drug-likeness (QED) is 0.680. The largest absolute Gasteiger partial charge is 0.393 e. The molecule has 1 aliphatic carbocycles. The summed E-state index contributed by atoms with van der Waals surface area (Å²) in [5, 5.41) is 9.38. The van der Waals surface area contributed by atoms with E-state index >= 15 is 0 Å². The van der Waals surface area contributed by atoms with Gasteiger partial charge in [0.25, 0.3) is 0 Å². The zero-order valence-corrected chi connectivity index (χ0v) is 8.61. The molecule has 80 valence electrons. The van der Waals surface area contributed by atoms with Crippen LogP contribution in [0, 0.1) is 0 Å². The van der Waals surface area contributed by atoms with Gasteiger partial charge in [0.15, 0.2) is 0 Å². The number of ketones is 1. The Labute approximate surface area is 85.1 Å². The zero-order valence-electron chi connectivity index (χ0n) is 8.61. The molecule has 1 unspecified atom stereocenters. The third-order valence-electron chi connectivity index (χ3n) is 3.46. The highest BCUT2D eigenvalue weighted by Crippen LogP contribution is 2.22. The summed E-state index contributed by atoms with van der Waals surface area (Å²) in [6.07, 6.45) is 5.61. The van der Waals surface area contributed by atoms with Crippen molar-refractivity contribution in [1.82, 2.24) is 4.90 Å². The molecule has 0 bridgehead atoms. The van der Waals surface area contributed by atoms with Crippen LogP contribution in [0.3, 0.4) is 0 Å². The number of rotatable bonds is 1. The predicted molar refractivity (Wildman–Crippen MR) is 54.1 cm³/mol. The average molecular weight is 197 g/mol. The summed E-state index contributed by atoms with van der Waals surface area (Å²) >= 11 is 0. The maximum atomic E-state index is 11.7. The fourth-order valence-electron chi connectivity index (χ4n) is 2.55. The van der Waals surface area contributed by atoms with Gasteiger partial charge in [-0.3, -0.25) is 9.69 Å². The molecular formula is C11H19NO2. The molecule has 1 heterocycles. The average Bonchev–Trinajstić information content (AvgIpc) is 2.20. The van der Waals surface area contributed by atoms with Crippen LogP contribution in [0.4, 0.5) is 0 Å². The summed E-state index contributed by atoms with van der Waals surface area (Å²) in [6, 6.07) is 0.177. The lowest BCUT2D eigenvalue weighted by Crippen LogP contribution is -2.47. The molecule has 2 aliphatic rings. The van der Waals surface area contributed by atoms with E-state index in [9.17, 15) is 9.90 Å². The Morgan fingerprint density at radius 3 is 2.50 bits per heavy atom. The van der Waals surface area contributed by atoms with Gasteiger partial charge in [0.2, 0.25) is 0 Å². The van der Waals surface area contributed by atoms with Crippen molar-refractivity contribution in [2.45, 2.75) is 50.7 Å². The van der Waals surface area contributed by atoms with Crippen molar-refractivity contribution >= 4 is 5.78 Å². The first-order valence-corrected chi connectivity index (χ1v) is 5.72. The molecule has 2 fully saturated rings. The van der Waals surface area contributed by atoms with Gasteiger partial charge in [-0.15, -0.1) is 0 Å². The second-order valence-electron chi connectivity index (χ2n) is 4.50. The summed E-state index contributed by atoms with van der Waals surface area (Å²) in [7, 11) is 0. The molecule has 1 N–H and O–H groups in total. The number of nitrogens with zero attached hydrogens (tertiary/aromatic N) is 1. The number of aliphatic hydroxyl groups excluding tert-OH is 1. The summed E-state index contributed by atoms with van der Waals surface area (Å²) in [4.78, 5) is 13.9. The lowest BCUT2D eigenvalue weighted by Gasteiger charge is -2.37. The van der Waals surface area contributed by atoms with E-state index < -0.39 is 0 Å². The van der Waals surface area contributed by atoms with E-state index in [0.717, 1.165) is 45.2 Å². The number of Topliss-reactive ketones (excluding diaryl/α,β-unsaturated/α-hetero) is 1. The lowest BCUT2D eigenvalue weighted by molar-refractivity contribution is -0.127. The highest BCUT2D eigenvalue weighted by Gasteiger charge is 2.30. The van der Waals surface area contributed by atoms with Gasteiger partial charge >= 0.3 is 0 Å². The van der Waals surface area contributed by atoms with Gasteiger partial charge < -0.3 is 5.11 Å². The van der Waals surface area contributed by atoms with Crippen molar-refractivity contribution in [3.8, 4) is 0 Å². The van der Waals surface area contributed by atoms with Crippen LogP contribution in [-0.4, -0.2) is 41.0 Å². The summed E-state index contributed by atoms with van der Waals surface area (Å²) in [5.74, 6) is 0.424. The Hall–Kier alpha value is -0.410. The second kappa shape index (κ2) is 4.41. The Kier molecular flexibility index (Phi) is 3.19. The zero-order chi connectivity index (χ0) is 9.97. The van der Waals surface area contributed by atoms with Crippen LogP contribution in [0.1, 0.15) is 38.5 Å². The topological polar surface area (TPSA) is 40.5 Å². The molecular weight excluding hydrogens is 178 g/mol. The Morgan fingerprint density at radius 2 is 1.86 bits per heavy atom. The van der Waals surface area contributed by atoms with E-state index in [4.69, 9.17) is 0 Å². The fraction of sp³-hybridized carbons (Fsp3) is 0.909. The standard InChI is InChI=1S/C11H19NO2/c13-9-5-7-12(8-6-9)10-3-1-2-4-11(10)14/h9-10,13H,1-8H2. The van der Waals surface area contributed by atoms with E-state index in [1.165, 1.54) is 6.42 Å². The number of aliphatic hydroxyl groups is 1. The van der Waals surface area contributed by atoms with Crippen molar-refractivity contribution in [1.29, 1.82) is 0 Å². The number of likely N-dealkylation sites (tertiary alicyclic amines) is 1. The molecule has 1 aliphatic heterocycles. The minimum Gasteiger partial charge on any atom is -0.393 e. The molecule has 1 saturated carbocycles. The lowest BCUT2D eigenvalue weighted by atomic mass is 9.91. The number of hydrogen-bond acceptors (Lipinski definition) is 3. The van der Waals surface area contributed by atoms with Crippen molar-refractivity contribution in [2.75, 3.05) is 13.1 Å². The molecule has 14 heavy (non-hydrogen) atoms. The number of carbonyl (C=O) groups is 1. The van der Waals surface area contributed by atoms with E-state index in [1.54, 1.807) is 0 Å². The number of piperidine rings is 1. The molecule has 1 atom stereocenters. The van der Waals surface area contributed by atoms with Crippen LogP contribution in [0.2, 0.25) is 0 Å². The van der Waals surface area contributed by atoms with Gasteiger partial charge in [-0.25, -0.2) is 0 Å². The number of carbonyl (C=O) groups excluding carboxylic acids is 1. The van der Waals surface area contributed by atoms with Gasteiger partial charge in [0.1, 0.15) is 5.78 Å². The Morgan fingerprint density at radius 1 is 1.14 bits per heavy atom. The maximum Gasteiger partial charge on any atom is 0.149 e. The minimum absolute atomic E-state index is 0.134. The maximum absolute atomic E-state index is 11.7. The molecule has 0 aromatic carbocycles. The second-order valence-corrected chi connectivity index (χ2v) is 4.50. The van der Waals surface area contributed by atoms with Gasteiger partial charge in [-0.05, 0) is 25.7 Å². The van der Waals surface area contributed by atoms with Crippen molar-refractivity contribution in [3.05, 3.63) is 0 Å². The monoisotopic (exact) mass is 197 g/mol. The first kappa shape index (κ1) is 10.1. The summed E-state index contributed by atoms with van der Waals surface area (Å²) in [6.45, 7) is 1.80.